The Bertz CT molecular complexity index is 692. The van der Waals surface area contributed by atoms with Crippen molar-refractivity contribution in [3.63, 3.8) is 0 Å². The number of nitrogens with one attached hydrogen (secondary N) is 1. The van der Waals surface area contributed by atoms with Gasteiger partial charge in [-0.25, -0.2) is 0 Å². The van der Waals surface area contributed by atoms with Gasteiger partial charge in [0.25, 0.3) is 0 Å². The summed E-state index contributed by atoms with van der Waals surface area (Å²) in [4.78, 5) is 0. The molecule has 0 amide bonds. The van der Waals surface area contributed by atoms with E-state index in [2.05, 4.69) is 33.1 Å². The van der Waals surface area contributed by atoms with Gasteiger partial charge in [-0.05, 0) is 58.8 Å². The quantitative estimate of drug-likeness (QED) is 0.389. The van der Waals surface area contributed by atoms with E-state index in [9.17, 15) is 0 Å². The Kier molecular flexibility index (Phi) is 6.98. The third kappa shape index (κ3) is 5.00. The van der Waals surface area contributed by atoms with E-state index in [-0.39, 0.29) is 0 Å². The molecule has 4 nitrogen and oxygen atoms in total. The van der Waals surface area contributed by atoms with Crippen LogP contribution in [-0.4, -0.2) is 19.9 Å². The van der Waals surface area contributed by atoms with Crippen LogP contribution in [-0.2, 0) is 6.54 Å². The first kappa shape index (κ1) is 17.9. The molecule has 1 N–H and O–H groups in total. The highest BCUT2D eigenvalue weighted by atomic mass is 127. The van der Waals surface area contributed by atoms with Crippen molar-refractivity contribution in [2.45, 2.75) is 13.5 Å². The van der Waals surface area contributed by atoms with Crippen LogP contribution in [0.5, 0.6) is 11.5 Å². The van der Waals surface area contributed by atoms with E-state index in [1.807, 2.05) is 43.3 Å². The lowest BCUT2D eigenvalue weighted by molar-refractivity contribution is 0.309. The van der Waals surface area contributed by atoms with Gasteiger partial charge in [-0.15, -0.1) is 0 Å². The maximum Gasteiger partial charge on any atom is 0.174 e. The van der Waals surface area contributed by atoms with Crippen LogP contribution >= 0.6 is 34.2 Å². The fourth-order valence-electron chi connectivity index (χ4n) is 2.02. The van der Waals surface area contributed by atoms with Gasteiger partial charge in [0.2, 0.25) is 0 Å². The van der Waals surface area contributed by atoms with Crippen LogP contribution in [0.3, 0.4) is 0 Å². The number of methoxy groups -OCH3 is 1. The maximum absolute atomic E-state index is 6.11. The number of nitrogens with zero attached hydrogens (tertiary/aromatic N) is 1. The third-order valence-corrected chi connectivity index (χ3v) is 4.24. The van der Waals surface area contributed by atoms with Crippen LogP contribution < -0.4 is 14.9 Å². The van der Waals surface area contributed by atoms with Gasteiger partial charge in [-0.1, -0.05) is 29.8 Å². The molecule has 0 aromatic heterocycles. The van der Waals surface area contributed by atoms with Gasteiger partial charge in [0.1, 0.15) is 0 Å². The molecular weight excluding hydrogens is 427 g/mol. The Hall–Kier alpha value is -1.47. The molecule has 0 aliphatic rings. The molecular formula is C17H18ClIN2O2. The van der Waals surface area contributed by atoms with Crippen molar-refractivity contribution in [3.8, 4) is 11.5 Å². The summed E-state index contributed by atoms with van der Waals surface area (Å²) in [7, 11) is 1.64. The van der Waals surface area contributed by atoms with E-state index in [1.165, 1.54) is 0 Å². The summed E-state index contributed by atoms with van der Waals surface area (Å²) in [5.74, 6) is 1.46. The number of benzene rings is 2. The molecule has 0 fully saturated rings. The number of hydrazone groups is 1. The Morgan fingerprint density at radius 1 is 1.30 bits per heavy atom. The average molecular weight is 445 g/mol. The minimum absolute atomic E-state index is 0.571. The van der Waals surface area contributed by atoms with Crippen molar-refractivity contribution < 1.29 is 9.47 Å². The first-order valence-corrected chi connectivity index (χ1v) is 8.61. The SMILES string of the molecule is CCOc1cc(/C=N\NCc2ccccc2Cl)cc(I)c1OC. The molecule has 0 aliphatic heterocycles. The van der Waals surface area contributed by atoms with Crippen molar-refractivity contribution in [2.24, 2.45) is 5.10 Å². The largest absolute Gasteiger partial charge is 0.492 e. The van der Waals surface area contributed by atoms with E-state index in [0.29, 0.717) is 13.2 Å². The van der Waals surface area contributed by atoms with Crippen molar-refractivity contribution in [3.05, 3.63) is 56.1 Å². The average Bonchev–Trinajstić information content (AvgIpc) is 2.53. The molecule has 0 bridgehead atoms. The van der Waals surface area contributed by atoms with Crippen LogP contribution in [0, 0.1) is 3.57 Å². The monoisotopic (exact) mass is 444 g/mol. The molecule has 0 heterocycles. The first-order chi connectivity index (χ1) is 11.2. The molecule has 0 radical (unpaired) electrons. The molecule has 2 aromatic rings. The summed E-state index contributed by atoms with van der Waals surface area (Å²) >= 11 is 8.33. The first-order valence-electron chi connectivity index (χ1n) is 7.15. The summed E-state index contributed by atoms with van der Waals surface area (Å²) in [6.45, 7) is 3.09. The Balaban J connectivity index is 2.06. The van der Waals surface area contributed by atoms with Crippen LogP contribution in [0.2, 0.25) is 5.02 Å². The van der Waals surface area contributed by atoms with Crippen molar-refractivity contribution in [1.82, 2.24) is 5.43 Å². The molecule has 6 heteroatoms. The zero-order valence-electron chi connectivity index (χ0n) is 13.0. The highest BCUT2D eigenvalue weighted by Crippen LogP contribution is 2.33. The van der Waals surface area contributed by atoms with E-state index in [1.54, 1.807) is 13.3 Å². The van der Waals surface area contributed by atoms with E-state index < -0.39 is 0 Å². The Morgan fingerprint density at radius 3 is 2.78 bits per heavy atom. The van der Waals surface area contributed by atoms with Crippen LogP contribution in [0.25, 0.3) is 0 Å². The highest BCUT2D eigenvalue weighted by molar-refractivity contribution is 14.1. The number of hydrogen-bond donors (Lipinski definition) is 1. The van der Waals surface area contributed by atoms with Gasteiger partial charge in [0.05, 0.1) is 30.0 Å². The van der Waals surface area contributed by atoms with Gasteiger partial charge in [-0.2, -0.15) is 5.10 Å². The zero-order valence-corrected chi connectivity index (χ0v) is 15.9. The predicted molar refractivity (Wildman–Crippen MR) is 103 cm³/mol. The summed E-state index contributed by atoms with van der Waals surface area (Å²) in [6.07, 6.45) is 1.75. The molecule has 0 unspecified atom stereocenters. The van der Waals surface area contributed by atoms with Gasteiger partial charge in [0, 0.05) is 5.02 Å². The zero-order chi connectivity index (χ0) is 16.7. The van der Waals surface area contributed by atoms with E-state index >= 15 is 0 Å². The summed E-state index contributed by atoms with van der Waals surface area (Å²) < 4.78 is 12.0. The lowest BCUT2D eigenvalue weighted by Crippen LogP contribution is -2.06. The number of ether oxygens (including phenoxy) is 2. The summed E-state index contributed by atoms with van der Waals surface area (Å²) in [5, 5.41) is 4.97. The lowest BCUT2D eigenvalue weighted by Gasteiger charge is -2.11. The number of halogens is 2. The van der Waals surface area contributed by atoms with Crippen LogP contribution in [0.4, 0.5) is 0 Å². The van der Waals surface area contributed by atoms with Crippen molar-refractivity contribution in [2.75, 3.05) is 13.7 Å². The molecule has 23 heavy (non-hydrogen) atoms. The van der Waals surface area contributed by atoms with Gasteiger partial charge in [-0.3, -0.25) is 0 Å². The van der Waals surface area contributed by atoms with E-state index in [0.717, 1.165) is 31.2 Å². The van der Waals surface area contributed by atoms with Crippen LogP contribution in [0.1, 0.15) is 18.1 Å². The second kappa shape index (κ2) is 8.98. The number of rotatable bonds is 7. The molecule has 2 aromatic carbocycles. The number of hydrogen-bond acceptors (Lipinski definition) is 4. The molecule has 0 spiro atoms. The normalized spacial score (nSPS) is 10.8. The van der Waals surface area contributed by atoms with Crippen molar-refractivity contribution in [1.29, 1.82) is 0 Å². The maximum atomic E-state index is 6.11. The second-order valence-corrected chi connectivity index (χ2v) is 6.22. The fourth-order valence-corrected chi connectivity index (χ4v) is 3.06. The molecule has 2 rings (SSSR count). The molecule has 0 atom stereocenters. The van der Waals surface area contributed by atoms with Gasteiger partial charge in [0.15, 0.2) is 11.5 Å². The second-order valence-electron chi connectivity index (χ2n) is 4.65. The standard InChI is InChI=1S/C17H18ClIN2O2/c1-3-23-16-9-12(8-15(19)17(16)22-2)10-20-21-11-13-6-4-5-7-14(13)18/h4-10,21H,3,11H2,1-2H3/b20-10-. The minimum atomic E-state index is 0.571. The Morgan fingerprint density at radius 2 is 2.09 bits per heavy atom. The van der Waals surface area contributed by atoms with Gasteiger partial charge >= 0.3 is 0 Å². The minimum Gasteiger partial charge on any atom is -0.492 e. The van der Waals surface area contributed by atoms with E-state index in [4.69, 9.17) is 21.1 Å². The smallest absolute Gasteiger partial charge is 0.174 e. The van der Waals surface area contributed by atoms with Crippen LogP contribution in [0.15, 0.2) is 41.5 Å². The predicted octanol–water partition coefficient (Wildman–Crippen LogP) is 4.48. The molecule has 122 valence electrons. The van der Waals surface area contributed by atoms with Crippen molar-refractivity contribution >= 4 is 40.4 Å². The molecule has 0 aliphatic carbocycles. The summed E-state index contributed by atoms with van der Waals surface area (Å²) in [6, 6.07) is 11.6. The molecule has 0 saturated carbocycles. The topological polar surface area (TPSA) is 42.8 Å². The Labute approximate surface area is 155 Å². The fraction of sp³-hybridized carbons (Fsp3) is 0.235. The lowest BCUT2D eigenvalue weighted by atomic mass is 10.2. The van der Waals surface area contributed by atoms with Gasteiger partial charge < -0.3 is 14.9 Å². The molecule has 0 saturated heterocycles. The summed E-state index contributed by atoms with van der Waals surface area (Å²) in [5.41, 5.74) is 4.94. The third-order valence-electron chi connectivity index (χ3n) is 3.07. The highest BCUT2D eigenvalue weighted by Gasteiger charge is 2.10.